The van der Waals surface area contributed by atoms with E-state index in [1.807, 2.05) is 0 Å². The smallest absolute Gasteiger partial charge is 2.00 e. The van der Waals surface area contributed by atoms with Crippen LogP contribution in [0.25, 0.3) is 0 Å². The van der Waals surface area contributed by atoms with Crippen LogP contribution in [0.15, 0.2) is 0 Å². The quantitative estimate of drug-likeness (QED) is 0.391. The standard InChI is InChI=1S/CHO.O.Tb/c1-2;;/h1H;;/q-1;-2;+3. The maximum Gasteiger partial charge on any atom is 3.00 e. The number of carbonyl (C=O) groups excluding carboxylic acids is 1. The van der Waals surface area contributed by atoms with Crippen LogP contribution in [0.4, 0.5) is 0 Å². The Morgan fingerprint density at radius 2 is 1.25 bits per heavy atom. The minimum absolute atomic E-state index is 0. The average molecular weight is 204 g/mol. The molecule has 0 aliphatic rings. The van der Waals surface area contributed by atoms with Gasteiger partial charge in [-0.15, -0.1) is 0 Å². The predicted molar refractivity (Wildman–Crippen MR) is 7.44 cm³/mol. The Hall–Kier alpha value is 0.916. The first-order chi connectivity index (χ1) is 1.00. The summed E-state index contributed by atoms with van der Waals surface area (Å²) < 4.78 is 0. The van der Waals surface area contributed by atoms with Crippen LogP contribution in [0.5, 0.6) is 0 Å². The molecule has 0 rings (SSSR count). The summed E-state index contributed by atoms with van der Waals surface area (Å²) in [5.41, 5.74) is 0. The number of hydrogen-bond donors (Lipinski definition) is 0. The second-order valence-electron chi connectivity index (χ2n) is 0. The molecule has 0 heterocycles. The van der Waals surface area contributed by atoms with E-state index in [4.69, 9.17) is 4.79 Å². The summed E-state index contributed by atoms with van der Waals surface area (Å²) in [6.07, 6.45) is 0. The molecule has 26 valence electrons. The number of hydrogen-bond acceptors (Lipinski definition) is 1. The monoisotopic (exact) mass is 204 g/mol. The fourth-order valence-electron chi connectivity index (χ4n) is 0. The van der Waals surface area contributed by atoms with Gasteiger partial charge in [-0.1, -0.05) is 0 Å². The van der Waals surface area contributed by atoms with E-state index < -0.39 is 0 Å². The molecule has 0 fully saturated rings. The molecule has 2 nitrogen and oxygen atoms in total. The maximum atomic E-state index is 7.75. The maximum absolute atomic E-state index is 7.75. The van der Waals surface area contributed by atoms with Gasteiger partial charge in [0.2, 0.25) is 0 Å². The molecule has 0 aliphatic carbocycles. The van der Waals surface area contributed by atoms with E-state index in [0.29, 0.717) is 0 Å². The molecular formula is CHO2Tb. The normalized spacial score (nSPS) is 1.00. The van der Waals surface area contributed by atoms with Gasteiger partial charge in [0, 0.05) is 0 Å². The summed E-state index contributed by atoms with van der Waals surface area (Å²) in [5, 5.41) is 0. The van der Waals surface area contributed by atoms with Crippen molar-refractivity contribution in [3.63, 3.8) is 0 Å². The van der Waals surface area contributed by atoms with Crippen LogP contribution in [0.2, 0.25) is 0 Å². The van der Waals surface area contributed by atoms with E-state index in [9.17, 15) is 0 Å². The average Bonchev–Trinajstić information content (AvgIpc) is 1.00. The van der Waals surface area contributed by atoms with Crippen LogP contribution in [0, 0.1) is 38.6 Å². The molecule has 0 aromatic carbocycles. The molecule has 0 N–H and O–H groups in total. The number of rotatable bonds is 0. The minimum atomic E-state index is 0. The molecule has 0 spiro atoms. The van der Waals surface area contributed by atoms with E-state index >= 15 is 0 Å². The van der Waals surface area contributed by atoms with Crippen molar-refractivity contribution in [3.8, 4) is 0 Å². The molecule has 0 bridgehead atoms. The van der Waals surface area contributed by atoms with E-state index in [1.165, 1.54) is 0 Å². The summed E-state index contributed by atoms with van der Waals surface area (Å²) in [4.78, 5) is 7.75. The first-order valence-electron chi connectivity index (χ1n) is 0.236. The van der Waals surface area contributed by atoms with Gasteiger partial charge in [0.05, 0.1) is 0 Å². The Morgan fingerprint density at radius 3 is 1.25 bits per heavy atom. The molecule has 0 radical (unpaired) electrons. The van der Waals surface area contributed by atoms with Gasteiger partial charge in [-0.2, -0.15) is 0 Å². The first kappa shape index (κ1) is 20.5. The molecule has 0 aromatic rings. The van der Waals surface area contributed by atoms with E-state index in [-0.39, 0.29) is 44.1 Å². The van der Waals surface area contributed by atoms with Crippen LogP contribution < -0.4 is 0 Å². The van der Waals surface area contributed by atoms with Crippen molar-refractivity contribution in [1.29, 1.82) is 0 Å². The van der Waals surface area contributed by atoms with Crippen molar-refractivity contribution in [3.05, 3.63) is 0 Å². The third-order valence-electron chi connectivity index (χ3n) is 0. The van der Waals surface area contributed by atoms with Crippen molar-refractivity contribution in [2.45, 2.75) is 0 Å². The van der Waals surface area contributed by atoms with Crippen LogP contribution >= 0.6 is 0 Å². The van der Waals surface area contributed by atoms with Gasteiger partial charge in [0.15, 0.2) is 0 Å². The summed E-state index contributed by atoms with van der Waals surface area (Å²) >= 11 is 0. The van der Waals surface area contributed by atoms with E-state index in [2.05, 4.69) is 6.79 Å². The molecule has 0 saturated heterocycles. The van der Waals surface area contributed by atoms with Crippen LogP contribution in [0.1, 0.15) is 0 Å². The zero-order valence-electron chi connectivity index (χ0n) is 1.73. The van der Waals surface area contributed by atoms with Crippen LogP contribution in [-0.2, 0) is 10.3 Å². The molecule has 3 heteroatoms. The third-order valence-corrected chi connectivity index (χ3v) is 0. The molecule has 0 atom stereocenters. The second kappa shape index (κ2) is 39.7. The third kappa shape index (κ3) is 12.8. The van der Waals surface area contributed by atoms with E-state index in [0.717, 1.165) is 0 Å². The van der Waals surface area contributed by atoms with Crippen molar-refractivity contribution in [2.24, 2.45) is 0 Å². The summed E-state index contributed by atoms with van der Waals surface area (Å²) in [6.45, 7) is 3.25. The van der Waals surface area contributed by atoms with Crippen LogP contribution in [0.3, 0.4) is 0 Å². The van der Waals surface area contributed by atoms with Gasteiger partial charge in [0.1, 0.15) is 0 Å². The van der Waals surface area contributed by atoms with Crippen molar-refractivity contribution >= 4 is 6.79 Å². The molecule has 0 aliphatic heterocycles. The molecule has 0 saturated carbocycles. The van der Waals surface area contributed by atoms with E-state index in [1.54, 1.807) is 0 Å². The Morgan fingerprint density at radius 1 is 1.25 bits per heavy atom. The Balaban J connectivity index is -0.00000000500. The van der Waals surface area contributed by atoms with Crippen molar-refractivity contribution in [2.75, 3.05) is 0 Å². The SMILES string of the molecule is [CH-]=O.[O-2].[Tb+3]. The minimum Gasteiger partial charge on any atom is -2.00 e. The van der Waals surface area contributed by atoms with Gasteiger partial charge in [0.25, 0.3) is 0 Å². The molecular weight excluding hydrogens is 203 g/mol. The molecule has 4 heavy (non-hydrogen) atoms. The molecule has 0 amide bonds. The van der Waals surface area contributed by atoms with Gasteiger partial charge < -0.3 is 10.3 Å². The summed E-state index contributed by atoms with van der Waals surface area (Å²) in [7, 11) is 0. The van der Waals surface area contributed by atoms with Crippen LogP contribution in [-0.4, -0.2) is 6.79 Å². The van der Waals surface area contributed by atoms with Crippen molar-refractivity contribution in [1.82, 2.24) is 0 Å². The van der Waals surface area contributed by atoms with Gasteiger partial charge in [-0.05, 0) is 0 Å². The fourth-order valence-corrected chi connectivity index (χ4v) is 0. The Bertz CT molecular complexity index is 6.00. The summed E-state index contributed by atoms with van der Waals surface area (Å²) in [5.74, 6) is 0. The predicted octanol–water partition coefficient (Wildman–Crippen LogP) is -0.393. The Labute approximate surface area is 55.3 Å². The Kier molecular flexibility index (Phi) is 204. The molecule has 0 unspecified atom stereocenters. The summed E-state index contributed by atoms with van der Waals surface area (Å²) in [6, 6.07) is 0. The molecule has 0 aromatic heterocycles. The zero-order valence-corrected chi connectivity index (χ0v) is 3.87. The van der Waals surface area contributed by atoms with Gasteiger partial charge in [-0.25, -0.2) is 0 Å². The first-order valence-corrected chi connectivity index (χ1v) is 0.236. The van der Waals surface area contributed by atoms with Gasteiger partial charge >= 0.3 is 38.6 Å². The van der Waals surface area contributed by atoms with Gasteiger partial charge in [-0.3, -0.25) is 6.79 Å². The van der Waals surface area contributed by atoms with Crippen molar-refractivity contribution < 1.29 is 48.9 Å². The second-order valence-corrected chi connectivity index (χ2v) is 0. The largest absolute Gasteiger partial charge is 3.00 e. The fraction of sp³-hybridized carbons (Fsp3) is 0. The topological polar surface area (TPSA) is 45.6 Å². The zero-order chi connectivity index (χ0) is 2.00.